The van der Waals surface area contributed by atoms with Crippen LogP contribution in [-0.4, -0.2) is 42.1 Å². The molecule has 6 nitrogen and oxygen atoms in total. The van der Waals surface area contributed by atoms with Gasteiger partial charge in [-0.15, -0.1) is 0 Å². The molecule has 1 aliphatic heterocycles. The van der Waals surface area contributed by atoms with Gasteiger partial charge in [0.05, 0.1) is 5.56 Å². The number of hydrogen-bond acceptors (Lipinski definition) is 4. The Kier molecular flexibility index (Phi) is 4.57. The maximum atomic E-state index is 13.2. The predicted octanol–water partition coefficient (Wildman–Crippen LogP) is 2.45. The first kappa shape index (κ1) is 15.7. The molecule has 1 saturated heterocycles. The van der Waals surface area contributed by atoms with Crippen LogP contribution < -0.4 is 10.2 Å². The van der Waals surface area contributed by atoms with E-state index in [0.29, 0.717) is 37.4 Å². The van der Waals surface area contributed by atoms with E-state index in [9.17, 15) is 9.18 Å². The first-order valence-corrected chi connectivity index (χ1v) is 7.58. The fraction of sp³-hybridized carbons (Fsp3) is 0.235. The Balaban J connectivity index is 1.56. The molecule has 0 saturated carbocycles. The van der Waals surface area contributed by atoms with E-state index in [1.807, 2.05) is 6.07 Å². The molecule has 0 atom stereocenters. The maximum Gasteiger partial charge on any atom is 0.321 e. The van der Waals surface area contributed by atoms with E-state index in [1.165, 1.54) is 12.1 Å². The van der Waals surface area contributed by atoms with Gasteiger partial charge < -0.3 is 15.1 Å². The van der Waals surface area contributed by atoms with Gasteiger partial charge in [0.1, 0.15) is 17.7 Å². The number of nitriles is 1. The molecule has 7 heteroatoms. The standard InChI is InChI=1S/C17H16FN5O/c18-14-2-1-3-15(10-14)21-17(24)23-8-6-22(7-9-23)16-5-4-13(11-19)12-20-16/h1-5,10,12H,6-9H2,(H,21,24). The predicted molar refractivity (Wildman–Crippen MR) is 88.2 cm³/mol. The van der Waals surface area contributed by atoms with Crippen molar-refractivity contribution in [3.63, 3.8) is 0 Å². The number of anilines is 2. The number of piperazine rings is 1. The number of carbonyl (C=O) groups excluding carboxylic acids is 1. The fourth-order valence-electron chi connectivity index (χ4n) is 2.55. The van der Waals surface area contributed by atoms with Crippen molar-refractivity contribution in [3.8, 4) is 6.07 Å². The first-order valence-electron chi connectivity index (χ1n) is 7.58. The van der Waals surface area contributed by atoms with Crippen LogP contribution >= 0.6 is 0 Å². The molecule has 1 aromatic carbocycles. The minimum absolute atomic E-state index is 0.243. The fourth-order valence-corrected chi connectivity index (χ4v) is 2.55. The number of nitrogens with zero attached hydrogens (tertiary/aromatic N) is 4. The number of halogens is 1. The number of nitrogens with one attached hydrogen (secondary N) is 1. The van der Waals surface area contributed by atoms with Gasteiger partial charge >= 0.3 is 6.03 Å². The summed E-state index contributed by atoms with van der Waals surface area (Å²) >= 11 is 0. The van der Waals surface area contributed by atoms with Gasteiger partial charge in [-0.3, -0.25) is 0 Å². The summed E-state index contributed by atoms with van der Waals surface area (Å²) in [5, 5.41) is 11.5. The van der Waals surface area contributed by atoms with Crippen LogP contribution in [0.2, 0.25) is 0 Å². The van der Waals surface area contributed by atoms with E-state index >= 15 is 0 Å². The lowest BCUT2D eigenvalue weighted by molar-refractivity contribution is 0.208. The highest BCUT2D eigenvalue weighted by Crippen LogP contribution is 2.15. The molecule has 2 heterocycles. The third-order valence-electron chi connectivity index (χ3n) is 3.84. The number of rotatable bonds is 2. The summed E-state index contributed by atoms with van der Waals surface area (Å²) in [6.07, 6.45) is 1.54. The van der Waals surface area contributed by atoms with Gasteiger partial charge in [0, 0.05) is 38.1 Å². The molecule has 24 heavy (non-hydrogen) atoms. The molecule has 3 rings (SSSR count). The average molecular weight is 325 g/mol. The van der Waals surface area contributed by atoms with Crippen molar-refractivity contribution in [2.45, 2.75) is 0 Å². The Bertz CT molecular complexity index is 763. The minimum Gasteiger partial charge on any atom is -0.353 e. The summed E-state index contributed by atoms with van der Waals surface area (Å²) in [6, 6.07) is 11.2. The average Bonchev–Trinajstić information content (AvgIpc) is 2.62. The van der Waals surface area contributed by atoms with Crippen LogP contribution in [0.3, 0.4) is 0 Å². The molecule has 2 aromatic rings. The Hall–Kier alpha value is -3.14. The van der Waals surface area contributed by atoms with Gasteiger partial charge in [-0.2, -0.15) is 5.26 Å². The van der Waals surface area contributed by atoms with Crippen LogP contribution in [0.1, 0.15) is 5.56 Å². The van der Waals surface area contributed by atoms with Crippen molar-refractivity contribution < 1.29 is 9.18 Å². The molecule has 0 spiro atoms. The van der Waals surface area contributed by atoms with Gasteiger partial charge in [-0.25, -0.2) is 14.2 Å². The van der Waals surface area contributed by atoms with Crippen molar-refractivity contribution >= 4 is 17.5 Å². The maximum absolute atomic E-state index is 13.2. The molecule has 1 N–H and O–H groups in total. The van der Waals surface area contributed by atoms with E-state index in [0.717, 1.165) is 5.82 Å². The molecular weight excluding hydrogens is 309 g/mol. The van der Waals surface area contributed by atoms with E-state index < -0.39 is 0 Å². The second-order valence-electron chi connectivity index (χ2n) is 5.43. The zero-order chi connectivity index (χ0) is 16.9. The number of amides is 2. The lowest BCUT2D eigenvalue weighted by Crippen LogP contribution is -2.50. The Morgan fingerprint density at radius 1 is 1.21 bits per heavy atom. The van der Waals surface area contributed by atoms with Crippen molar-refractivity contribution in [3.05, 3.63) is 54.0 Å². The highest BCUT2D eigenvalue weighted by Gasteiger charge is 2.22. The second kappa shape index (κ2) is 6.96. The molecule has 0 radical (unpaired) electrons. The van der Waals surface area contributed by atoms with Gasteiger partial charge in [0.15, 0.2) is 0 Å². The Labute approximate surface area is 139 Å². The zero-order valence-corrected chi connectivity index (χ0v) is 12.9. The normalized spacial score (nSPS) is 14.2. The summed E-state index contributed by atoms with van der Waals surface area (Å²) in [4.78, 5) is 20.2. The van der Waals surface area contributed by atoms with E-state index in [2.05, 4.69) is 15.2 Å². The van der Waals surface area contributed by atoms with E-state index in [4.69, 9.17) is 5.26 Å². The van der Waals surface area contributed by atoms with Gasteiger partial charge in [0.25, 0.3) is 0 Å². The Morgan fingerprint density at radius 3 is 2.62 bits per heavy atom. The van der Waals surface area contributed by atoms with E-state index in [-0.39, 0.29) is 11.8 Å². The number of benzene rings is 1. The molecule has 0 bridgehead atoms. The monoisotopic (exact) mass is 325 g/mol. The summed E-state index contributed by atoms with van der Waals surface area (Å²) in [7, 11) is 0. The molecule has 0 unspecified atom stereocenters. The third kappa shape index (κ3) is 3.60. The molecule has 1 fully saturated rings. The molecular formula is C17H16FN5O. The number of aromatic nitrogens is 1. The van der Waals surface area contributed by atoms with Crippen LogP contribution in [0, 0.1) is 17.1 Å². The first-order chi connectivity index (χ1) is 11.7. The number of pyridine rings is 1. The van der Waals surface area contributed by atoms with E-state index in [1.54, 1.807) is 35.4 Å². The summed E-state index contributed by atoms with van der Waals surface area (Å²) in [5.74, 6) is 0.406. The van der Waals surface area contributed by atoms with Gasteiger partial charge in [-0.1, -0.05) is 6.07 Å². The van der Waals surface area contributed by atoms with Crippen LogP contribution in [-0.2, 0) is 0 Å². The SMILES string of the molecule is N#Cc1ccc(N2CCN(C(=O)Nc3cccc(F)c3)CC2)nc1. The highest BCUT2D eigenvalue weighted by molar-refractivity contribution is 5.89. The van der Waals surface area contributed by atoms with Crippen molar-refractivity contribution in [1.29, 1.82) is 5.26 Å². The summed E-state index contributed by atoms with van der Waals surface area (Å²) in [5.41, 5.74) is 0.961. The topological polar surface area (TPSA) is 72.3 Å². The number of hydrogen-bond donors (Lipinski definition) is 1. The minimum atomic E-state index is -0.385. The molecule has 122 valence electrons. The smallest absolute Gasteiger partial charge is 0.321 e. The second-order valence-corrected chi connectivity index (χ2v) is 5.43. The Morgan fingerprint density at radius 2 is 2.00 bits per heavy atom. The number of urea groups is 1. The van der Waals surface area contributed by atoms with Crippen LogP contribution in [0.15, 0.2) is 42.6 Å². The van der Waals surface area contributed by atoms with Gasteiger partial charge in [0.2, 0.25) is 0 Å². The third-order valence-corrected chi connectivity index (χ3v) is 3.84. The van der Waals surface area contributed by atoms with Crippen molar-refractivity contribution in [2.75, 3.05) is 36.4 Å². The number of carbonyl (C=O) groups is 1. The molecule has 2 amide bonds. The molecule has 1 aliphatic rings. The molecule has 1 aromatic heterocycles. The quantitative estimate of drug-likeness (QED) is 0.920. The largest absolute Gasteiger partial charge is 0.353 e. The summed E-state index contributed by atoms with van der Waals surface area (Å²) in [6.45, 7) is 2.39. The van der Waals surface area contributed by atoms with Gasteiger partial charge in [-0.05, 0) is 30.3 Å². The lowest BCUT2D eigenvalue weighted by atomic mass is 10.2. The van der Waals surface area contributed by atoms with Crippen molar-refractivity contribution in [1.82, 2.24) is 9.88 Å². The van der Waals surface area contributed by atoms with Crippen LogP contribution in [0.5, 0.6) is 0 Å². The summed E-state index contributed by atoms with van der Waals surface area (Å²) < 4.78 is 13.2. The zero-order valence-electron chi connectivity index (χ0n) is 12.9. The highest BCUT2D eigenvalue weighted by atomic mass is 19.1. The van der Waals surface area contributed by atoms with Crippen LogP contribution in [0.4, 0.5) is 20.7 Å². The lowest BCUT2D eigenvalue weighted by Gasteiger charge is -2.35. The van der Waals surface area contributed by atoms with Crippen LogP contribution in [0.25, 0.3) is 0 Å². The molecule has 0 aliphatic carbocycles. The van der Waals surface area contributed by atoms with Crippen molar-refractivity contribution in [2.24, 2.45) is 0 Å².